The lowest BCUT2D eigenvalue weighted by Gasteiger charge is -2.11. The highest BCUT2D eigenvalue weighted by atomic mass is 16.5. The number of aromatic hydroxyl groups is 1. The van der Waals surface area contributed by atoms with E-state index < -0.39 is 0 Å². The Morgan fingerprint density at radius 1 is 1.36 bits per heavy atom. The largest absolute Gasteiger partial charge is 0.507 e. The molecule has 22 heavy (non-hydrogen) atoms. The zero-order valence-electron chi connectivity index (χ0n) is 12.0. The minimum absolute atomic E-state index is 0.0939. The zero-order chi connectivity index (χ0) is 15.9. The number of hydrogen-bond acceptors (Lipinski definition) is 6. The van der Waals surface area contributed by atoms with E-state index >= 15 is 0 Å². The summed E-state index contributed by atoms with van der Waals surface area (Å²) in [7, 11) is 0. The third kappa shape index (κ3) is 3.35. The summed E-state index contributed by atoms with van der Waals surface area (Å²) < 4.78 is 5.59. The molecule has 0 amide bonds. The zero-order valence-corrected chi connectivity index (χ0v) is 12.0. The molecule has 0 spiro atoms. The van der Waals surface area contributed by atoms with Crippen LogP contribution >= 0.6 is 0 Å². The van der Waals surface area contributed by atoms with Crippen molar-refractivity contribution in [2.75, 3.05) is 0 Å². The van der Waals surface area contributed by atoms with Crippen LogP contribution in [0, 0.1) is 5.41 Å². The molecule has 6 nitrogen and oxygen atoms in total. The van der Waals surface area contributed by atoms with Gasteiger partial charge in [0.25, 0.3) is 0 Å². The Kier molecular flexibility index (Phi) is 4.98. The number of nitrogens with one attached hydrogen (secondary N) is 1. The van der Waals surface area contributed by atoms with Gasteiger partial charge >= 0.3 is 0 Å². The highest BCUT2D eigenvalue weighted by molar-refractivity contribution is 5.83. The van der Waals surface area contributed by atoms with E-state index in [1.165, 1.54) is 12.3 Å². The minimum atomic E-state index is -0.133. The second-order valence-corrected chi connectivity index (χ2v) is 4.46. The number of benzene rings is 1. The van der Waals surface area contributed by atoms with E-state index in [1.54, 1.807) is 30.6 Å². The van der Waals surface area contributed by atoms with Gasteiger partial charge in [-0.2, -0.15) is 0 Å². The Hall–Kier alpha value is -3.02. The molecule has 6 heteroatoms. The lowest BCUT2D eigenvalue weighted by Crippen LogP contribution is -2.05. The molecule has 0 aliphatic rings. The lowest BCUT2D eigenvalue weighted by atomic mass is 10.1. The van der Waals surface area contributed by atoms with Crippen LogP contribution in [0.2, 0.25) is 0 Å². The monoisotopic (exact) mass is 297 g/mol. The molecule has 0 aliphatic heterocycles. The van der Waals surface area contributed by atoms with Crippen molar-refractivity contribution in [3.63, 3.8) is 0 Å². The Morgan fingerprint density at radius 2 is 2.14 bits per heavy atom. The van der Waals surface area contributed by atoms with Crippen LogP contribution in [0.3, 0.4) is 0 Å². The summed E-state index contributed by atoms with van der Waals surface area (Å²) in [5.41, 5.74) is 2.09. The number of hydrogen-bond donors (Lipinski definition) is 2. The van der Waals surface area contributed by atoms with Crippen LogP contribution < -0.4 is 4.74 Å². The number of ether oxygens (including phenoxy) is 1. The van der Waals surface area contributed by atoms with E-state index in [9.17, 15) is 9.90 Å². The number of allylic oxidation sites excluding steroid dienone is 2. The van der Waals surface area contributed by atoms with Gasteiger partial charge in [-0.3, -0.25) is 14.8 Å². The van der Waals surface area contributed by atoms with Gasteiger partial charge in [0.15, 0.2) is 6.29 Å². The van der Waals surface area contributed by atoms with Crippen LogP contribution in [0.4, 0.5) is 0 Å². The van der Waals surface area contributed by atoms with Gasteiger partial charge in [-0.1, -0.05) is 6.07 Å². The highest BCUT2D eigenvalue weighted by Gasteiger charge is 2.11. The first kappa shape index (κ1) is 15.4. The maximum absolute atomic E-state index is 11.0. The van der Waals surface area contributed by atoms with E-state index in [4.69, 9.17) is 10.1 Å². The Bertz CT molecular complexity index is 726. The van der Waals surface area contributed by atoms with Crippen LogP contribution in [0.15, 0.2) is 36.7 Å². The molecule has 0 aliphatic carbocycles. The fraction of sp³-hybridized carbons (Fsp3) is 0.125. The molecule has 2 rings (SSSR count). The minimum Gasteiger partial charge on any atom is -0.507 e. The second kappa shape index (κ2) is 7.12. The molecule has 2 aromatic rings. The van der Waals surface area contributed by atoms with Crippen molar-refractivity contribution < 1.29 is 14.6 Å². The number of nitrogens with zero attached hydrogens (tertiary/aromatic N) is 2. The fourth-order valence-electron chi connectivity index (χ4n) is 1.93. The average molecular weight is 297 g/mol. The molecule has 0 saturated carbocycles. The molecular weight excluding hydrogens is 282 g/mol. The Balaban J connectivity index is 2.26. The quantitative estimate of drug-likeness (QED) is 0.631. The van der Waals surface area contributed by atoms with Gasteiger partial charge in [0.2, 0.25) is 0 Å². The van der Waals surface area contributed by atoms with Gasteiger partial charge in [0.05, 0.1) is 11.3 Å². The average Bonchev–Trinajstić information content (AvgIpc) is 2.53. The topological polar surface area (TPSA) is 96.2 Å². The summed E-state index contributed by atoms with van der Waals surface area (Å²) in [6, 6.07) is 4.61. The molecule has 0 unspecified atom stereocenters. The van der Waals surface area contributed by atoms with Gasteiger partial charge in [-0.25, -0.2) is 0 Å². The van der Waals surface area contributed by atoms with Crippen molar-refractivity contribution in [3.05, 3.63) is 53.6 Å². The molecule has 0 bridgehead atoms. The third-order valence-electron chi connectivity index (χ3n) is 3.01. The molecule has 0 atom stereocenters. The van der Waals surface area contributed by atoms with Gasteiger partial charge in [-0.15, -0.1) is 0 Å². The normalized spacial score (nSPS) is 11.0. The molecule has 2 N–H and O–H groups in total. The number of aromatic nitrogens is 2. The predicted molar refractivity (Wildman–Crippen MR) is 82.3 cm³/mol. The lowest BCUT2D eigenvalue weighted by molar-refractivity contribution is 0.111. The standard InChI is InChI=1S/C16H15N3O3/c1-11(5-6-17)16-13(18-7-8-19-16)10-22-15-4-2-3-14(21)12(15)9-20/h2-9,17,21H,10H2,1H3/b11-5+,17-6?. The predicted octanol–water partition coefficient (Wildman–Crippen LogP) is 2.63. The third-order valence-corrected chi connectivity index (χ3v) is 3.01. The van der Waals surface area contributed by atoms with E-state index in [1.807, 2.05) is 6.92 Å². The van der Waals surface area contributed by atoms with Crippen LogP contribution in [0.25, 0.3) is 5.57 Å². The van der Waals surface area contributed by atoms with Crippen molar-refractivity contribution in [1.29, 1.82) is 5.41 Å². The number of carbonyl (C=O) groups excluding carboxylic acids is 1. The molecular formula is C16H15N3O3. The van der Waals surface area contributed by atoms with Crippen LogP contribution in [-0.2, 0) is 6.61 Å². The maximum atomic E-state index is 11.0. The van der Waals surface area contributed by atoms with Crippen LogP contribution in [0.1, 0.15) is 28.7 Å². The number of phenols is 1. The Labute approximate surface area is 127 Å². The van der Waals surface area contributed by atoms with Gasteiger partial charge in [0, 0.05) is 18.6 Å². The van der Waals surface area contributed by atoms with Crippen molar-refractivity contribution in [3.8, 4) is 11.5 Å². The Morgan fingerprint density at radius 3 is 2.86 bits per heavy atom. The smallest absolute Gasteiger partial charge is 0.157 e. The summed E-state index contributed by atoms with van der Waals surface area (Å²) in [6.07, 6.45) is 6.43. The molecule has 0 fully saturated rings. The molecule has 1 aromatic carbocycles. The number of phenolic OH excluding ortho intramolecular Hbond substituents is 1. The van der Waals surface area contributed by atoms with Gasteiger partial charge in [0.1, 0.15) is 23.8 Å². The molecule has 1 heterocycles. The van der Waals surface area contributed by atoms with Crippen LogP contribution in [0.5, 0.6) is 11.5 Å². The van der Waals surface area contributed by atoms with E-state index in [0.29, 0.717) is 17.7 Å². The number of carbonyl (C=O) groups is 1. The first-order valence-corrected chi connectivity index (χ1v) is 6.55. The number of aldehydes is 1. The van der Waals surface area contributed by atoms with Gasteiger partial charge in [-0.05, 0) is 30.7 Å². The summed E-state index contributed by atoms with van der Waals surface area (Å²) in [4.78, 5) is 19.5. The van der Waals surface area contributed by atoms with Crippen molar-refractivity contribution in [2.45, 2.75) is 13.5 Å². The highest BCUT2D eigenvalue weighted by Crippen LogP contribution is 2.26. The SMILES string of the molecule is C/C(=C\C=N)c1nccnc1COc1cccc(O)c1C=O. The summed E-state index contributed by atoms with van der Waals surface area (Å²) >= 11 is 0. The molecule has 0 saturated heterocycles. The molecule has 1 aromatic heterocycles. The molecule has 0 radical (unpaired) electrons. The number of rotatable bonds is 6. The van der Waals surface area contributed by atoms with E-state index in [-0.39, 0.29) is 23.7 Å². The molecule has 112 valence electrons. The van der Waals surface area contributed by atoms with E-state index in [0.717, 1.165) is 5.57 Å². The van der Waals surface area contributed by atoms with Crippen LogP contribution in [-0.4, -0.2) is 27.6 Å². The summed E-state index contributed by atoms with van der Waals surface area (Å²) in [5.74, 6) is 0.145. The fourth-order valence-corrected chi connectivity index (χ4v) is 1.93. The van der Waals surface area contributed by atoms with E-state index in [2.05, 4.69) is 9.97 Å². The summed E-state index contributed by atoms with van der Waals surface area (Å²) in [5, 5.41) is 16.7. The first-order valence-electron chi connectivity index (χ1n) is 6.55. The van der Waals surface area contributed by atoms with Crippen molar-refractivity contribution in [2.24, 2.45) is 0 Å². The summed E-state index contributed by atoms with van der Waals surface area (Å²) in [6.45, 7) is 1.92. The first-order chi connectivity index (χ1) is 10.7. The van der Waals surface area contributed by atoms with Crippen molar-refractivity contribution in [1.82, 2.24) is 9.97 Å². The van der Waals surface area contributed by atoms with Crippen molar-refractivity contribution >= 4 is 18.1 Å². The second-order valence-electron chi connectivity index (χ2n) is 4.46. The van der Waals surface area contributed by atoms with Gasteiger partial charge < -0.3 is 15.3 Å². The maximum Gasteiger partial charge on any atom is 0.157 e.